The van der Waals surface area contributed by atoms with Gasteiger partial charge in [0.25, 0.3) is 11.5 Å². The summed E-state index contributed by atoms with van der Waals surface area (Å²) < 4.78 is 16.1. The maximum atomic E-state index is 14.5. The molecule has 0 fully saturated rings. The zero-order valence-corrected chi connectivity index (χ0v) is 32.6. The summed E-state index contributed by atoms with van der Waals surface area (Å²) in [7, 11) is 1.62. The first-order chi connectivity index (χ1) is 23.2. The van der Waals surface area contributed by atoms with Gasteiger partial charge in [-0.2, -0.15) is 0 Å². The summed E-state index contributed by atoms with van der Waals surface area (Å²) in [6.07, 6.45) is 1.88. The lowest BCUT2D eigenvalue weighted by atomic mass is 9.90. The Bertz CT molecular complexity index is 2250. The molecular formula is C37H32ClI2N3O4S. The fourth-order valence-corrected chi connectivity index (χ4v) is 9.37. The quantitative estimate of drug-likeness (QED) is 0.142. The molecule has 7 nitrogen and oxygen atoms in total. The molecule has 1 atom stereocenters. The molecule has 1 aliphatic heterocycles. The van der Waals surface area contributed by atoms with Gasteiger partial charge in [0.05, 0.1) is 30.1 Å². The average molecular weight is 904 g/mol. The van der Waals surface area contributed by atoms with E-state index in [0.29, 0.717) is 51.1 Å². The van der Waals surface area contributed by atoms with Gasteiger partial charge in [-0.1, -0.05) is 71.5 Å². The minimum atomic E-state index is -0.738. The Hall–Kier alpha value is -3.20. The largest absolute Gasteiger partial charge is 0.496 e. The molecule has 4 aromatic carbocycles. The molecule has 0 unspecified atom stereocenters. The average Bonchev–Trinajstić information content (AvgIpc) is 3.37. The van der Waals surface area contributed by atoms with E-state index >= 15 is 0 Å². The number of fused-ring (bicyclic) bond motifs is 2. The Balaban J connectivity index is 1.50. The molecule has 1 amide bonds. The molecule has 0 saturated heterocycles. The molecule has 1 aliphatic rings. The topological polar surface area (TPSA) is 73.1 Å². The highest BCUT2D eigenvalue weighted by Gasteiger charge is 2.36. The van der Waals surface area contributed by atoms with E-state index in [1.54, 1.807) is 16.6 Å². The number of ether oxygens (including phenoxy) is 2. The number of halogens is 3. The highest BCUT2D eigenvalue weighted by molar-refractivity contribution is 14.1. The summed E-state index contributed by atoms with van der Waals surface area (Å²) in [6, 6.07) is 22.7. The van der Waals surface area contributed by atoms with Crippen LogP contribution in [-0.2, 0) is 11.4 Å². The van der Waals surface area contributed by atoms with Gasteiger partial charge in [-0.25, -0.2) is 4.99 Å². The van der Waals surface area contributed by atoms with Crippen LogP contribution in [0.1, 0.15) is 43.5 Å². The van der Waals surface area contributed by atoms with E-state index < -0.39 is 6.04 Å². The number of methoxy groups -OCH3 is 1. The third-order valence-corrected chi connectivity index (χ3v) is 11.3. The van der Waals surface area contributed by atoms with E-state index in [1.807, 2.05) is 99.6 Å². The fraction of sp³-hybridized carbons (Fsp3) is 0.216. The molecule has 0 N–H and O–H groups in total. The number of benzene rings is 4. The van der Waals surface area contributed by atoms with Crippen molar-refractivity contribution in [2.45, 2.75) is 33.4 Å². The summed E-state index contributed by atoms with van der Waals surface area (Å²) >= 11 is 12.2. The standard InChI is InChI=1S/C37H32ClI2N3O4S/c1-5-42(6-2)36(45)31-21(3)41-37-43(33(31)32-25-13-9-7-11-23(25)15-16-29(32)46-4)35(44)30(48-37)19-22-17-27(39)34(28(40)18-22)47-20-24-12-8-10-14-26(24)38/h7-19,33H,5-6,20H2,1-4H3/b30-19+/t33-/m1/s1. The van der Waals surface area contributed by atoms with Gasteiger partial charge in [-0.3, -0.25) is 14.2 Å². The van der Waals surface area contributed by atoms with Gasteiger partial charge in [0.15, 0.2) is 4.80 Å². The molecule has 5 aromatic rings. The molecule has 2 heterocycles. The first kappa shape index (κ1) is 34.7. The number of rotatable bonds is 9. The van der Waals surface area contributed by atoms with Gasteiger partial charge < -0.3 is 14.4 Å². The van der Waals surface area contributed by atoms with Crippen molar-refractivity contribution in [3.05, 3.63) is 133 Å². The van der Waals surface area contributed by atoms with Crippen molar-refractivity contribution in [3.63, 3.8) is 0 Å². The van der Waals surface area contributed by atoms with E-state index in [1.165, 1.54) is 11.3 Å². The summed E-state index contributed by atoms with van der Waals surface area (Å²) in [5.41, 5.74) is 3.36. The second-order valence-electron chi connectivity index (χ2n) is 11.2. The molecule has 0 bridgehead atoms. The number of amides is 1. The van der Waals surface area contributed by atoms with E-state index in [-0.39, 0.29) is 11.5 Å². The Morgan fingerprint density at radius 1 is 1.04 bits per heavy atom. The third kappa shape index (κ3) is 6.56. The Morgan fingerprint density at radius 3 is 2.42 bits per heavy atom. The lowest BCUT2D eigenvalue weighted by Crippen LogP contribution is -2.43. The highest BCUT2D eigenvalue weighted by atomic mass is 127. The van der Waals surface area contributed by atoms with Gasteiger partial charge in [0, 0.05) is 29.2 Å². The van der Waals surface area contributed by atoms with E-state index in [4.69, 9.17) is 26.1 Å². The van der Waals surface area contributed by atoms with Crippen molar-refractivity contribution < 1.29 is 14.3 Å². The van der Waals surface area contributed by atoms with Gasteiger partial charge in [-0.05, 0) is 113 Å². The van der Waals surface area contributed by atoms with Crippen molar-refractivity contribution in [1.82, 2.24) is 9.47 Å². The summed E-state index contributed by atoms with van der Waals surface area (Å²) in [5.74, 6) is 1.21. The van der Waals surface area contributed by atoms with Gasteiger partial charge in [0.1, 0.15) is 24.1 Å². The van der Waals surface area contributed by atoms with Crippen LogP contribution in [0.15, 0.2) is 93.9 Å². The number of nitrogens with zero attached hydrogens (tertiary/aromatic N) is 3. The number of hydrogen-bond donors (Lipinski definition) is 0. The lowest BCUT2D eigenvalue weighted by Gasteiger charge is -2.30. The molecular weight excluding hydrogens is 872 g/mol. The van der Waals surface area contributed by atoms with E-state index in [0.717, 1.165) is 40.4 Å². The fourth-order valence-electron chi connectivity index (χ4n) is 6.00. The zero-order valence-electron chi connectivity index (χ0n) is 26.7. The van der Waals surface area contributed by atoms with Crippen molar-refractivity contribution >= 4 is 90.9 Å². The van der Waals surface area contributed by atoms with Crippen LogP contribution in [0.5, 0.6) is 11.5 Å². The van der Waals surface area contributed by atoms with E-state index in [2.05, 4.69) is 45.2 Å². The number of likely N-dealkylation sites (N-methyl/N-ethyl adjacent to an activating group) is 1. The van der Waals surface area contributed by atoms with Crippen LogP contribution in [0.4, 0.5) is 0 Å². The minimum absolute atomic E-state index is 0.146. The molecule has 11 heteroatoms. The van der Waals surface area contributed by atoms with E-state index in [9.17, 15) is 9.59 Å². The maximum absolute atomic E-state index is 14.5. The lowest BCUT2D eigenvalue weighted by molar-refractivity contribution is -0.127. The van der Waals surface area contributed by atoms with Crippen LogP contribution < -0.4 is 24.4 Å². The summed E-state index contributed by atoms with van der Waals surface area (Å²) in [5, 5.41) is 2.55. The minimum Gasteiger partial charge on any atom is -0.496 e. The molecule has 6 rings (SSSR count). The smallest absolute Gasteiger partial charge is 0.271 e. The number of thiazole rings is 1. The SMILES string of the molecule is CCN(CC)C(=O)C1=C(C)N=c2s/c(=C/c3cc(I)c(OCc4ccccc4Cl)c(I)c3)c(=O)n2[C@H]1c1c(OC)ccc2ccccc12. The van der Waals surface area contributed by atoms with Gasteiger partial charge in [-0.15, -0.1) is 0 Å². The van der Waals surface area contributed by atoms with Crippen LogP contribution in [0, 0.1) is 7.14 Å². The molecule has 0 aliphatic carbocycles. The van der Waals surface area contributed by atoms with Crippen LogP contribution in [0.25, 0.3) is 16.8 Å². The summed E-state index contributed by atoms with van der Waals surface area (Å²) in [4.78, 5) is 35.9. The first-order valence-corrected chi connectivity index (χ1v) is 18.7. The van der Waals surface area contributed by atoms with Crippen LogP contribution >= 0.6 is 68.1 Å². The second-order valence-corrected chi connectivity index (χ2v) is 14.9. The maximum Gasteiger partial charge on any atom is 0.271 e. The van der Waals surface area contributed by atoms with Crippen LogP contribution in [0.2, 0.25) is 5.02 Å². The Morgan fingerprint density at radius 2 is 1.73 bits per heavy atom. The number of carbonyl (C=O) groups excluding carboxylic acids is 1. The number of carbonyl (C=O) groups is 1. The molecule has 0 radical (unpaired) electrons. The van der Waals surface area contributed by atoms with Gasteiger partial charge >= 0.3 is 0 Å². The number of hydrogen-bond acceptors (Lipinski definition) is 6. The zero-order chi connectivity index (χ0) is 34.1. The molecule has 1 aromatic heterocycles. The van der Waals surface area contributed by atoms with Crippen molar-refractivity contribution in [2.75, 3.05) is 20.2 Å². The van der Waals surface area contributed by atoms with Crippen molar-refractivity contribution in [3.8, 4) is 11.5 Å². The molecule has 48 heavy (non-hydrogen) atoms. The van der Waals surface area contributed by atoms with Crippen LogP contribution in [-0.4, -0.2) is 35.6 Å². The van der Waals surface area contributed by atoms with Crippen LogP contribution in [0.3, 0.4) is 0 Å². The van der Waals surface area contributed by atoms with Crippen molar-refractivity contribution in [2.24, 2.45) is 4.99 Å². The first-order valence-electron chi connectivity index (χ1n) is 15.4. The molecule has 246 valence electrons. The van der Waals surface area contributed by atoms with Gasteiger partial charge in [0.2, 0.25) is 0 Å². The third-order valence-electron chi connectivity index (χ3n) is 8.38. The normalized spacial score (nSPS) is 14.6. The predicted octanol–water partition coefficient (Wildman–Crippen LogP) is 7.71. The monoisotopic (exact) mass is 903 g/mol. The predicted molar refractivity (Wildman–Crippen MR) is 210 cm³/mol. The second kappa shape index (κ2) is 14.7. The summed E-state index contributed by atoms with van der Waals surface area (Å²) in [6.45, 7) is 7.17. The molecule has 0 saturated carbocycles. The van der Waals surface area contributed by atoms with Crippen molar-refractivity contribution in [1.29, 1.82) is 0 Å². The molecule has 0 spiro atoms. The highest BCUT2D eigenvalue weighted by Crippen LogP contribution is 2.40. The Kier molecular flexibility index (Phi) is 10.6. The number of allylic oxidation sites excluding steroid dienone is 1. The number of aromatic nitrogens is 1. The Labute approximate surface area is 314 Å².